The standard InChI is InChI=1S/C19H18N2O4/c1-12-4-7-15(10-17(12)24-3)19(23)25-13(2)18(22)21-16-8-5-14(11-20)6-9-16/h4-10,13H,1-3H3,(H,21,22)/t13-/m1/s1. The highest BCUT2D eigenvalue weighted by atomic mass is 16.5. The smallest absolute Gasteiger partial charge is 0.339 e. The van der Waals surface area contributed by atoms with Crippen molar-refractivity contribution in [2.75, 3.05) is 12.4 Å². The number of methoxy groups -OCH3 is 1. The van der Waals surface area contributed by atoms with Crippen molar-refractivity contribution in [3.05, 3.63) is 59.2 Å². The molecule has 128 valence electrons. The summed E-state index contributed by atoms with van der Waals surface area (Å²) in [6.45, 7) is 3.35. The molecule has 0 heterocycles. The van der Waals surface area contributed by atoms with E-state index in [1.54, 1.807) is 42.5 Å². The number of nitrogens with zero attached hydrogens (tertiary/aromatic N) is 1. The minimum Gasteiger partial charge on any atom is -0.496 e. The van der Waals surface area contributed by atoms with Crippen LogP contribution < -0.4 is 10.1 Å². The highest BCUT2D eigenvalue weighted by molar-refractivity contribution is 5.97. The van der Waals surface area contributed by atoms with Crippen LogP contribution in [-0.4, -0.2) is 25.1 Å². The number of benzene rings is 2. The lowest BCUT2D eigenvalue weighted by atomic mass is 10.1. The van der Waals surface area contributed by atoms with Crippen LogP contribution in [0.2, 0.25) is 0 Å². The Morgan fingerprint density at radius 2 is 1.84 bits per heavy atom. The molecular weight excluding hydrogens is 320 g/mol. The van der Waals surface area contributed by atoms with Crippen LogP contribution >= 0.6 is 0 Å². The molecule has 1 N–H and O–H groups in total. The number of carbonyl (C=O) groups excluding carboxylic acids is 2. The molecule has 25 heavy (non-hydrogen) atoms. The highest BCUT2D eigenvalue weighted by Gasteiger charge is 2.19. The largest absolute Gasteiger partial charge is 0.496 e. The number of amides is 1. The Bertz CT molecular complexity index is 822. The monoisotopic (exact) mass is 338 g/mol. The molecule has 0 aliphatic heterocycles. The van der Waals surface area contributed by atoms with E-state index in [9.17, 15) is 9.59 Å². The summed E-state index contributed by atoms with van der Waals surface area (Å²) >= 11 is 0. The second-order valence-corrected chi connectivity index (χ2v) is 5.41. The fraction of sp³-hybridized carbons (Fsp3) is 0.211. The van der Waals surface area contributed by atoms with E-state index in [0.29, 0.717) is 22.6 Å². The lowest BCUT2D eigenvalue weighted by Gasteiger charge is -2.14. The van der Waals surface area contributed by atoms with Gasteiger partial charge in [-0.05, 0) is 55.8 Å². The first-order chi connectivity index (χ1) is 11.9. The van der Waals surface area contributed by atoms with E-state index in [0.717, 1.165) is 5.56 Å². The molecule has 0 saturated carbocycles. The van der Waals surface area contributed by atoms with Crippen LogP contribution in [0.1, 0.15) is 28.4 Å². The number of ether oxygens (including phenoxy) is 2. The van der Waals surface area contributed by atoms with Gasteiger partial charge in [0.15, 0.2) is 6.10 Å². The van der Waals surface area contributed by atoms with Gasteiger partial charge in [-0.15, -0.1) is 0 Å². The second-order valence-electron chi connectivity index (χ2n) is 5.41. The normalized spacial score (nSPS) is 11.1. The minimum atomic E-state index is -0.976. The maximum atomic E-state index is 12.2. The van der Waals surface area contributed by atoms with Crippen molar-refractivity contribution >= 4 is 17.6 Å². The average molecular weight is 338 g/mol. The van der Waals surface area contributed by atoms with E-state index in [2.05, 4.69) is 5.32 Å². The number of aryl methyl sites for hydroxylation is 1. The van der Waals surface area contributed by atoms with E-state index in [4.69, 9.17) is 14.7 Å². The Labute approximate surface area is 146 Å². The molecule has 2 aromatic carbocycles. The number of esters is 1. The zero-order valence-corrected chi connectivity index (χ0v) is 14.2. The van der Waals surface area contributed by atoms with Crippen molar-refractivity contribution in [2.45, 2.75) is 20.0 Å². The van der Waals surface area contributed by atoms with Crippen LogP contribution in [0.4, 0.5) is 5.69 Å². The van der Waals surface area contributed by atoms with E-state index in [1.807, 2.05) is 13.0 Å². The molecule has 1 amide bonds. The first kappa shape index (κ1) is 18.0. The summed E-state index contributed by atoms with van der Waals surface area (Å²) in [7, 11) is 1.52. The topological polar surface area (TPSA) is 88.4 Å². The summed E-state index contributed by atoms with van der Waals surface area (Å²) < 4.78 is 10.4. The highest BCUT2D eigenvalue weighted by Crippen LogP contribution is 2.20. The molecule has 0 radical (unpaired) electrons. The average Bonchev–Trinajstić information content (AvgIpc) is 2.62. The molecule has 6 nitrogen and oxygen atoms in total. The quantitative estimate of drug-likeness (QED) is 0.847. The van der Waals surface area contributed by atoms with Crippen molar-refractivity contribution in [3.8, 4) is 11.8 Å². The molecule has 0 spiro atoms. The van der Waals surface area contributed by atoms with Crippen molar-refractivity contribution in [1.29, 1.82) is 5.26 Å². The predicted octanol–water partition coefficient (Wildman–Crippen LogP) is 3.06. The van der Waals surface area contributed by atoms with Gasteiger partial charge in [0.2, 0.25) is 0 Å². The number of hydrogen-bond acceptors (Lipinski definition) is 5. The molecule has 0 fully saturated rings. The third-order valence-electron chi connectivity index (χ3n) is 3.58. The van der Waals surface area contributed by atoms with E-state index in [-0.39, 0.29) is 0 Å². The van der Waals surface area contributed by atoms with Gasteiger partial charge in [-0.2, -0.15) is 5.26 Å². The van der Waals surface area contributed by atoms with Crippen LogP contribution in [0.15, 0.2) is 42.5 Å². The Morgan fingerprint density at radius 3 is 2.44 bits per heavy atom. The zero-order chi connectivity index (χ0) is 18.4. The van der Waals surface area contributed by atoms with Gasteiger partial charge in [-0.3, -0.25) is 4.79 Å². The first-order valence-corrected chi connectivity index (χ1v) is 7.61. The lowest BCUT2D eigenvalue weighted by Crippen LogP contribution is -2.30. The number of hydrogen-bond donors (Lipinski definition) is 1. The lowest BCUT2D eigenvalue weighted by molar-refractivity contribution is -0.123. The summed E-state index contributed by atoms with van der Waals surface area (Å²) in [6, 6.07) is 13.3. The summed E-state index contributed by atoms with van der Waals surface area (Å²) in [6.07, 6.45) is -0.976. The van der Waals surface area contributed by atoms with Crippen molar-refractivity contribution < 1.29 is 19.1 Å². The fourth-order valence-electron chi connectivity index (χ4n) is 2.10. The molecule has 0 bridgehead atoms. The van der Waals surface area contributed by atoms with Gasteiger partial charge < -0.3 is 14.8 Å². The van der Waals surface area contributed by atoms with E-state index in [1.165, 1.54) is 14.0 Å². The van der Waals surface area contributed by atoms with Crippen LogP contribution in [0, 0.1) is 18.3 Å². The van der Waals surface area contributed by atoms with Gasteiger partial charge in [0.25, 0.3) is 5.91 Å². The summed E-state index contributed by atoms with van der Waals surface area (Å²) in [5.74, 6) is -0.498. The number of rotatable bonds is 5. The maximum absolute atomic E-state index is 12.2. The first-order valence-electron chi connectivity index (χ1n) is 7.61. The number of carbonyl (C=O) groups is 2. The predicted molar refractivity (Wildman–Crippen MR) is 92.4 cm³/mol. The molecule has 1 atom stereocenters. The van der Waals surface area contributed by atoms with Gasteiger partial charge in [-0.1, -0.05) is 6.07 Å². The SMILES string of the molecule is COc1cc(C(=O)O[C@H](C)C(=O)Nc2ccc(C#N)cc2)ccc1C. The van der Waals surface area contributed by atoms with Crippen LogP contribution in [0.25, 0.3) is 0 Å². The van der Waals surface area contributed by atoms with Crippen molar-refractivity contribution in [2.24, 2.45) is 0 Å². The van der Waals surface area contributed by atoms with Crippen molar-refractivity contribution in [3.63, 3.8) is 0 Å². The number of nitriles is 1. The molecule has 0 saturated heterocycles. The van der Waals surface area contributed by atoms with Gasteiger partial charge in [-0.25, -0.2) is 4.79 Å². The van der Waals surface area contributed by atoms with Crippen molar-refractivity contribution in [1.82, 2.24) is 0 Å². The fourth-order valence-corrected chi connectivity index (χ4v) is 2.10. The van der Waals surface area contributed by atoms with Gasteiger partial charge in [0.1, 0.15) is 5.75 Å². The maximum Gasteiger partial charge on any atom is 0.339 e. The molecule has 0 unspecified atom stereocenters. The Kier molecular flexibility index (Phi) is 5.75. The van der Waals surface area contributed by atoms with Crippen LogP contribution in [0.3, 0.4) is 0 Å². The Morgan fingerprint density at radius 1 is 1.16 bits per heavy atom. The Hall–Kier alpha value is -3.33. The number of nitrogens with one attached hydrogen (secondary N) is 1. The third kappa shape index (κ3) is 4.58. The summed E-state index contributed by atoms with van der Waals surface area (Å²) in [5, 5.41) is 11.4. The van der Waals surface area contributed by atoms with Gasteiger partial charge in [0.05, 0.1) is 24.3 Å². The molecule has 2 rings (SSSR count). The van der Waals surface area contributed by atoms with E-state index >= 15 is 0 Å². The summed E-state index contributed by atoms with van der Waals surface area (Å²) in [5.41, 5.74) is 2.21. The van der Waals surface area contributed by atoms with Crippen LogP contribution in [0.5, 0.6) is 5.75 Å². The van der Waals surface area contributed by atoms with Gasteiger partial charge >= 0.3 is 5.97 Å². The van der Waals surface area contributed by atoms with Gasteiger partial charge in [0, 0.05) is 5.69 Å². The van der Waals surface area contributed by atoms with E-state index < -0.39 is 18.0 Å². The molecule has 0 aliphatic carbocycles. The summed E-state index contributed by atoms with van der Waals surface area (Å²) in [4.78, 5) is 24.3. The molecule has 0 aliphatic rings. The van der Waals surface area contributed by atoms with Crippen LogP contribution in [-0.2, 0) is 9.53 Å². The third-order valence-corrected chi connectivity index (χ3v) is 3.58. The second kappa shape index (κ2) is 7.97. The Balaban J connectivity index is 2.00. The molecular formula is C19H18N2O4. The minimum absolute atomic E-state index is 0.306. The molecule has 6 heteroatoms. The molecule has 0 aromatic heterocycles. The molecule has 2 aromatic rings. The number of anilines is 1. The zero-order valence-electron chi connectivity index (χ0n) is 14.2.